The molecule has 0 aromatic rings. The first-order valence-electron chi connectivity index (χ1n) is 13.3. The summed E-state index contributed by atoms with van der Waals surface area (Å²) in [6.45, 7) is 4.86. The minimum absolute atomic E-state index is 0.698. The average Bonchev–Trinajstić information content (AvgIpc) is 2.85. The summed E-state index contributed by atoms with van der Waals surface area (Å²) in [5.74, 6) is 3.84. The molecule has 3 aliphatic rings. The lowest BCUT2D eigenvalue weighted by Crippen LogP contribution is -2.49. The van der Waals surface area contributed by atoms with E-state index in [2.05, 4.69) is 24.7 Å². The molecular weight excluding hydrogens is 340 g/mol. The third-order valence-electron chi connectivity index (χ3n) is 8.37. The molecule has 1 heterocycles. The van der Waals surface area contributed by atoms with Gasteiger partial charge in [0, 0.05) is 12.1 Å². The van der Waals surface area contributed by atoms with Crippen molar-refractivity contribution in [2.75, 3.05) is 0 Å². The number of fused-ring (bicyclic) bond motifs is 4. The standard InChI is InChI=1S/C26H50N2/c1-3-4-7-13-23-18-22-12-8-5-6-9-15-25(19-22)27-28-26-17-16-21(2)11-10-14-24(23)20-26/h21-28H,3-20H2,1-2H3/t21-,22?,23?,24?,25?,26?/m1/s1. The molecule has 2 heteroatoms. The summed E-state index contributed by atoms with van der Waals surface area (Å²) >= 11 is 0. The van der Waals surface area contributed by atoms with E-state index in [1.54, 1.807) is 0 Å². The van der Waals surface area contributed by atoms with E-state index in [1.165, 1.54) is 116 Å². The van der Waals surface area contributed by atoms with Crippen LogP contribution in [0, 0.1) is 23.7 Å². The van der Waals surface area contributed by atoms with Crippen LogP contribution in [0.25, 0.3) is 0 Å². The maximum atomic E-state index is 3.90. The first-order valence-corrected chi connectivity index (χ1v) is 13.3. The molecule has 2 saturated carbocycles. The van der Waals surface area contributed by atoms with Crippen molar-refractivity contribution in [1.29, 1.82) is 0 Å². The summed E-state index contributed by atoms with van der Waals surface area (Å²) in [7, 11) is 0. The van der Waals surface area contributed by atoms with Crippen LogP contribution in [0.1, 0.15) is 129 Å². The summed E-state index contributed by atoms with van der Waals surface area (Å²) in [5.41, 5.74) is 7.77. The lowest BCUT2D eigenvalue weighted by molar-refractivity contribution is 0.159. The zero-order valence-corrected chi connectivity index (χ0v) is 19.2. The Kier molecular flexibility index (Phi) is 10.2. The van der Waals surface area contributed by atoms with Gasteiger partial charge in [0.1, 0.15) is 0 Å². The third kappa shape index (κ3) is 7.63. The van der Waals surface area contributed by atoms with Gasteiger partial charge in [-0.15, -0.1) is 0 Å². The minimum Gasteiger partial charge on any atom is -0.255 e. The van der Waals surface area contributed by atoms with Crippen LogP contribution in [0.4, 0.5) is 0 Å². The molecule has 3 fully saturated rings. The van der Waals surface area contributed by atoms with E-state index in [-0.39, 0.29) is 0 Å². The van der Waals surface area contributed by atoms with E-state index in [1.807, 2.05) is 0 Å². The van der Waals surface area contributed by atoms with Crippen molar-refractivity contribution in [2.45, 2.75) is 142 Å². The Hall–Kier alpha value is -0.0800. The van der Waals surface area contributed by atoms with Crippen molar-refractivity contribution >= 4 is 0 Å². The van der Waals surface area contributed by atoms with Crippen molar-refractivity contribution in [3.05, 3.63) is 0 Å². The first-order chi connectivity index (χ1) is 13.7. The Morgan fingerprint density at radius 1 is 0.679 bits per heavy atom. The predicted molar refractivity (Wildman–Crippen MR) is 122 cm³/mol. The molecule has 0 amide bonds. The van der Waals surface area contributed by atoms with Crippen LogP contribution in [-0.2, 0) is 0 Å². The minimum atomic E-state index is 0.698. The topological polar surface area (TPSA) is 24.1 Å². The molecule has 2 aliphatic carbocycles. The van der Waals surface area contributed by atoms with Gasteiger partial charge in [-0.2, -0.15) is 0 Å². The Morgan fingerprint density at radius 3 is 2.29 bits per heavy atom. The van der Waals surface area contributed by atoms with Crippen molar-refractivity contribution in [3.8, 4) is 0 Å². The highest BCUT2D eigenvalue weighted by atomic mass is 15.4. The van der Waals surface area contributed by atoms with Crippen LogP contribution in [0.2, 0.25) is 0 Å². The zero-order valence-electron chi connectivity index (χ0n) is 19.2. The number of hydrogen-bond donors (Lipinski definition) is 2. The molecule has 2 nitrogen and oxygen atoms in total. The summed E-state index contributed by atoms with van der Waals surface area (Å²) < 4.78 is 0. The second-order valence-electron chi connectivity index (χ2n) is 10.9. The van der Waals surface area contributed by atoms with Gasteiger partial charge in [0.2, 0.25) is 0 Å². The fourth-order valence-electron chi connectivity index (χ4n) is 6.55. The van der Waals surface area contributed by atoms with Crippen molar-refractivity contribution < 1.29 is 0 Å². The molecule has 2 N–H and O–H groups in total. The number of hydrogen-bond acceptors (Lipinski definition) is 2. The molecule has 0 spiro atoms. The van der Waals surface area contributed by atoms with Gasteiger partial charge in [0.25, 0.3) is 0 Å². The van der Waals surface area contributed by atoms with Gasteiger partial charge in [0.05, 0.1) is 0 Å². The van der Waals surface area contributed by atoms with E-state index in [0.29, 0.717) is 12.1 Å². The molecule has 3 rings (SSSR count). The Bertz CT molecular complexity index is 409. The number of unbranched alkanes of at least 4 members (excludes halogenated alkanes) is 2. The predicted octanol–water partition coefficient (Wildman–Crippen LogP) is 7.39. The highest BCUT2D eigenvalue weighted by Gasteiger charge is 2.31. The lowest BCUT2D eigenvalue weighted by atomic mass is 9.73. The van der Waals surface area contributed by atoms with Crippen LogP contribution < -0.4 is 10.9 Å². The van der Waals surface area contributed by atoms with Crippen LogP contribution in [-0.4, -0.2) is 12.1 Å². The Labute approximate surface area is 176 Å². The Balaban J connectivity index is 1.75. The largest absolute Gasteiger partial charge is 0.255 e. The van der Waals surface area contributed by atoms with Crippen LogP contribution in [0.3, 0.4) is 0 Å². The molecule has 1 saturated heterocycles. The zero-order chi connectivity index (χ0) is 19.6. The highest BCUT2D eigenvalue weighted by Crippen LogP contribution is 2.39. The van der Waals surface area contributed by atoms with Crippen molar-refractivity contribution in [2.24, 2.45) is 23.7 Å². The maximum absolute atomic E-state index is 3.90. The summed E-state index contributed by atoms with van der Waals surface area (Å²) in [6.07, 6.45) is 26.1. The van der Waals surface area contributed by atoms with Crippen LogP contribution in [0.5, 0.6) is 0 Å². The van der Waals surface area contributed by atoms with Gasteiger partial charge < -0.3 is 0 Å². The molecular formula is C26H50N2. The molecule has 4 bridgehead atoms. The fourth-order valence-corrected chi connectivity index (χ4v) is 6.55. The maximum Gasteiger partial charge on any atom is 0.0215 e. The van der Waals surface area contributed by atoms with Crippen molar-refractivity contribution in [3.63, 3.8) is 0 Å². The number of nitrogens with one attached hydrogen (secondary N) is 2. The summed E-state index contributed by atoms with van der Waals surface area (Å²) in [4.78, 5) is 0. The van der Waals surface area contributed by atoms with Gasteiger partial charge in [-0.1, -0.05) is 90.9 Å². The van der Waals surface area contributed by atoms with Gasteiger partial charge in [0.15, 0.2) is 0 Å². The van der Waals surface area contributed by atoms with Crippen LogP contribution in [0.15, 0.2) is 0 Å². The molecule has 0 aromatic carbocycles. The van der Waals surface area contributed by atoms with Gasteiger partial charge >= 0.3 is 0 Å². The van der Waals surface area contributed by atoms with Crippen molar-refractivity contribution in [1.82, 2.24) is 10.9 Å². The molecule has 6 atom stereocenters. The number of rotatable bonds is 4. The summed E-state index contributed by atoms with van der Waals surface area (Å²) in [6, 6.07) is 1.41. The van der Waals surface area contributed by atoms with E-state index in [9.17, 15) is 0 Å². The number of hydrazine groups is 1. The quantitative estimate of drug-likeness (QED) is 0.489. The molecule has 5 unspecified atom stereocenters. The first kappa shape index (κ1) is 22.6. The molecule has 0 aromatic heterocycles. The highest BCUT2D eigenvalue weighted by molar-refractivity contribution is 4.85. The van der Waals surface area contributed by atoms with E-state index in [0.717, 1.165) is 23.7 Å². The molecule has 0 radical (unpaired) electrons. The molecule has 164 valence electrons. The van der Waals surface area contributed by atoms with Gasteiger partial charge in [-0.25, -0.2) is 0 Å². The second-order valence-corrected chi connectivity index (χ2v) is 10.9. The fraction of sp³-hybridized carbons (Fsp3) is 1.00. The molecule has 28 heavy (non-hydrogen) atoms. The Morgan fingerprint density at radius 2 is 1.46 bits per heavy atom. The molecule has 1 aliphatic heterocycles. The monoisotopic (exact) mass is 390 g/mol. The van der Waals surface area contributed by atoms with Crippen LogP contribution >= 0.6 is 0 Å². The van der Waals surface area contributed by atoms with Gasteiger partial charge in [-0.05, 0) is 62.2 Å². The second kappa shape index (κ2) is 12.6. The summed E-state index contributed by atoms with van der Waals surface area (Å²) in [5, 5.41) is 0. The van der Waals surface area contributed by atoms with E-state index < -0.39 is 0 Å². The lowest BCUT2D eigenvalue weighted by Gasteiger charge is -2.37. The normalized spacial score (nSPS) is 38.8. The van der Waals surface area contributed by atoms with E-state index >= 15 is 0 Å². The van der Waals surface area contributed by atoms with E-state index in [4.69, 9.17) is 0 Å². The average molecular weight is 391 g/mol. The van der Waals surface area contributed by atoms with Gasteiger partial charge in [-0.3, -0.25) is 10.9 Å². The smallest absolute Gasteiger partial charge is 0.0215 e. The SMILES string of the molecule is CCCCCC1CC2CCCCCCC(C2)NNC2CC[C@H](C)CCCC1C2. The third-order valence-corrected chi connectivity index (χ3v) is 8.37.